The normalized spacial score (nSPS) is 16.3. The molecule has 0 N–H and O–H groups in total. The third-order valence-electron chi connectivity index (χ3n) is 6.19. The number of rotatable bonds is 7. The fourth-order valence-corrected chi connectivity index (χ4v) is 5.25. The van der Waals surface area contributed by atoms with Crippen molar-refractivity contribution in [1.82, 2.24) is 24.6 Å². The molecule has 0 bridgehead atoms. The number of piperidine rings is 1. The molecule has 1 atom stereocenters. The number of aromatic nitrogens is 4. The number of carbonyl (C=O) groups excluding carboxylic acids is 1. The van der Waals surface area contributed by atoms with Gasteiger partial charge in [0.25, 0.3) is 0 Å². The van der Waals surface area contributed by atoms with Crippen LogP contribution in [0.1, 0.15) is 51.2 Å². The first-order valence-electron chi connectivity index (χ1n) is 11.5. The monoisotopic (exact) mass is 449 g/mol. The summed E-state index contributed by atoms with van der Waals surface area (Å²) in [4.78, 5) is 19.3. The number of amides is 1. The van der Waals surface area contributed by atoms with Crippen LogP contribution in [0, 0.1) is 0 Å². The fraction of sp³-hybridized carbons (Fsp3) is 0.440. The number of pyridine rings is 1. The van der Waals surface area contributed by atoms with Crippen molar-refractivity contribution >= 4 is 17.7 Å². The number of nitrogens with zero attached hydrogens (tertiary/aromatic N) is 5. The van der Waals surface area contributed by atoms with E-state index in [4.69, 9.17) is 0 Å². The molecule has 0 aliphatic carbocycles. The van der Waals surface area contributed by atoms with Crippen LogP contribution in [0.15, 0.2) is 47.9 Å². The van der Waals surface area contributed by atoms with Crippen molar-refractivity contribution in [2.45, 2.75) is 64.1 Å². The van der Waals surface area contributed by atoms with E-state index in [9.17, 15) is 4.79 Å². The first-order valence-corrected chi connectivity index (χ1v) is 12.5. The number of likely N-dealkylation sites (tertiary alicyclic amines) is 1. The summed E-state index contributed by atoms with van der Waals surface area (Å²) >= 11 is 1.48. The lowest BCUT2D eigenvalue weighted by Gasteiger charge is -2.33. The molecule has 0 radical (unpaired) electrons. The maximum absolute atomic E-state index is 13.0. The zero-order valence-electron chi connectivity index (χ0n) is 19.1. The first kappa shape index (κ1) is 22.5. The molecule has 1 fully saturated rings. The molecule has 2 aromatic heterocycles. The van der Waals surface area contributed by atoms with Crippen LogP contribution in [0.3, 0.4) is 0 Å². The molecule has 1 aliphatic heterocycles. The third kappa shape index (κ3) is 4.58. The molecule has 1 aliphatic rings. The highest BCUT2D eigenvalue weighted by atomic mass is 32.2. The molecule has 0 saturated carbocycles. The van der Waals surface area contributed by atoms with Gasteiger partial charge in [0, 0.05) is 30.5 Å². The summed E-state index contributed by atoms with van der Waals surface area (Å²) in [5.41, 5.74) is 4.53. The van der Waals surface area contributed by atoms with Gasteiger partial charge >= 0.3 is 0 Å². The second-order valence-electron chi connectivity index (χ2n) is 8.24. The Morgan fingerprint density at radius 1 is 1.09 bits per heavy atom. The van der Waals surface area contributed by atoms with Crippen molar-refractivity contribution in [3.05, 3.63) is 53.9 Å². The number of hydrogen-bond donors (Lipinski definition) is 0. The SMILES string of the molecule is CCc1cccc(CC)c1-n1c(SCC(=O)N2CCCCC2C)nnc1-c1cccnc1. The summed E-state index contributed by atoms with van der Waals surface area (Å²) in [6, 6.07) is 10.7. The molecule has 1 amide bonds. The van der Waals surface area contributed by atoms with Crippen molar-refractivity contribution in [3.8, 4) is 17.1 Å². The molecule has 3 heterocycles. The minimum Gasteiger partial charge on any atom is -0.339 e. The highest BCUT2D eigenvalue weighted by Crippen LogP contribution is 2.32. The van der Waals surface area contributed by atoms with Gasteiger partial charge in [-0.25, -0.2) is 0 Å². The van der Waals surface area contributed by atoms with E-state index in [-0.39, 0.29) is 5.91 Å². The fourth-order valence-electron chi connectivity index (χ4n) is 4.43. The smallest absolute Gasteiger partial charge is 0.233 e. The Bertz CT molecular complexity index is 1040. The van der Waals surface area contributed by atoms with Gasteiger partial charge in [0.1, 0.15) is 0 Å². The van der Waals surface area contributed by atoms with Gasteiger partial charge in [0.15, 0.2) is 11.0 Å². The lowest BCUT2D eigenvalue weighted by molar-refractivity contribution is -0.131. The largest absolute Gasteiger partial charge is 0.339 e. The summed E-state index contributed by atoms with van der Waals surface area (Å²) in [6.07, 6.45) is 8.76. The van der Waals surface area contributed by atoms with Gasteiger partial charge in [-0.2, -0.15) is 0 Å². The molecule has 4 rings (SSSR count). The van der Waals surface area contributed by atoms with Gasteiger partial charge in [-0.1, -0.05) is 43.8 Å². The van der Waals surface area contributed by atoms with Gasteiger partial charge in [0.2, 0.25) is 5.91 Å². The van der Waals surface area contributed by atoms with E-state index in [0.29, 0.717) is 11.8 Å². The zero-order valence-corrected chi connectivity index (χ0v) is 19.9. The van der Waals surface area contributed by atoms with Crippen LogP contribution in [-0.2, 0) is 17.6 Å². The van der Waals surface area contributed by atoms with E-state index in [1.54, 1.807) is 6.20 Å². The van der Waals surface area contributed by atoms with E-state index in [2.05, 4.69) is 58.7 Å². The molecule has 1 unspecified atom stereocenters. The minimum absolute atomic E-state index is 0.180. The lowest BCUT2D eigenvalue weighted by Crippen LogP contribution is -2.43. The molecule has 168 valence electrons. The Balaban J connectivity index is 1.73. The van der Waals surface area contributed by atoms with Gasteiger partial charge < -0.3 is 4.90 Å². The zero-order chi connectivity index (χ0) is 22.5. The number of hydrogen-bond acceptors (Lipinski definition) is 5. The minimum atomic E-state index is 0.180. The van der Waals surface area contributed by atoms with Gasteiger partial charge in [0.05, 0.1) is 11.4 Å². The molecule has 0 spiro atoms. The van der Waals surface area contributed by atoms with E-state index >= 15 is 0 Å². The molecule has 3 aromatic rings. The van der Waals surface area contributed by atoms with Gasteiger partial charge in [-0.05, 0) is 62.3 Å². The predicted octanol–water partition coefficient (Wildman–Crippen LogP) is 4.95. The van der Waals surface area contributed by atoms with Crippen LogP contribution in [0.2, 0.25) is 0 Å². The summed E-state index contributed by atoms with van der Waals surface area (Å²) in [7, 11) is 0. The summed E-state index contributed by atoms with van der Waals surface area (Å²) < 4.78 is 2.13. The van der Waals surface area contributed by atoms with Crippen LogP contribution in [0.4, 0.5) is 0 Å². The highest BCUT2D eigenvalue weighted by Gasteiger charge is 2.25. The van der Waals surface area contributed by atoms with Crippen LogP contribution in [0.25, 0.3) is 17.1 Å². The van der Waals surface area contributed by atoms with Crippen molar-refractivity contribution in [2.24, 2.45) is 0 Å². The maximum Gasteiger partial charge on any atom is 0.233 e. The Kier molecular flexibility index (Phi) is 7.25. The molecular formula is C25H31N5OS. The topological polar surface area (TPSA) is 63.9 Å². The summed E-state index contributed by atoms with van der Waals surface area (Å²) in [5, 5.41) is 9.83. The van der Waals surface area contributed by atoms with Crippen molar-refractivity contribution in [3.63, 3.8) is 0 Å². The van der Waals surface area contributed by atoms with Crippen LogP contribution >= 0.6 is 11.8 Å². The van der Waals surface area contributed by atoms with Gasteiger partial charge in [-0.3, -0.25) is 14.3 Å². The van der Waals surface area contributed by atoms with E-state index in [1.807, 2.05) is 23.2 Å². The summed E-state index contributed by atoms with van der Waals surface area (Å²) in [6.45, 7) is 7.34. The van der Waals surface area contributed by atoms with Crippen LogP contribution in [-0.4, -0.2) is 48.9 Å². The number of carbonyl (C=O) groups is 1. The molecule has 1 saturated heterocycles. The number of thioether (sulfide) groups is 1. The standard InChI is InChI=1S/C25H31N5OS/c1-4-19-11-8-12-20(5-2)23(19)30-24(21-13-9-14-26-16-21)27-28-25(30)32-17-22(31)29-15-7-6-10-18(29)3/h8-9,11-14,16,18H,4-7,10,15,17H2,1-3H3. The summed E-state index contributed by atoms with van der Waals surface area (Å²) in [5.74, 6) is 1.31. The molecular weight excluding hydrogens is 418 g/mol. The number of aryl methyl sites for hydroxylation is 2. The van der Waals surface area contributed by atoms with E-state index in [1.165, 1.54) is 29.3 Å². The number of benzene rings is 1. The second kappa shape index (κ2) is 10.3. The second-order valence-corrected chi connectivity index (χ2v) is 9.18. The average molecular weight is 450 g/mol. The first-order chi connectivity index (χ1) is 15.6. The van der Waals surface area contributed by atoms with Crippen molar-refractivity contribution < 1.29 is 4.79 Å². The quantitative estimate of drug-likeness (QED) is 0.478. The molecule has 1 aromatic carbocycles. The Morgan fingerprint density at radius 2 is 1.88 bits per heavy atom. The van der Waals surface area contributed by atoms with E-state index < -0.39 is 0 Å². The van der Waals surface area contributed by atoms with Crippen LogP contribution in [0.5, 0.6) is 0 Å². The van der Waals surface area contributed by atoms with E-state index in [0.717, 1.165) is 54.5 Å². The number of para-hydroxylation sites is 1. The Hall–Kier alpha value is -2.67. The molecule has 7 heteroatoms. The van der Waals surface area contributed by atoms with Crippen molar-refractivity contribution in [1.29, 1.82) is 0 Å². The lowest BCUT2D eigenvalue weighted by atomic mass is 10.0. The predicted molar refractivity (Wildman–Crippen MR) is 129 cm³/mol. The Morgan fingerprint density at radius 3 is 2.53 bits per heavy atom. The van der Waals surface area contributed by atoms with Crippen LogP contribution < -0.4 is 0 Å². The van der Waals surface area contributed by atoms with Gasteiger partial charge in [-0.15, -0.1) is 10.2 Å². The highest BCUT2D eigenvalue weighted by molar-refractivity contribution is 7.99. The maximum atomic E-state index is 13.0. The third-order valence-corrected chi connectivity index (χ3v) is 7.10. The molecule has 6 nitrogen and oxygen atoms in total. The van der Waals surface area contributed by atoms with Crippen molar-refractivity contribution in [2.75, 3.05) is 12.3 Å². The Labute approximate surface area is 194 Å². The molecule has 32 heavy (non-hydrogen) atoms. The average Bonchev–Trinajstić information content (AvgIpc) is 3.26.